The summed E-state index contributed by atoms with van der Waals surface area (Å²) in [7, 11) is 0. The normalized spacial score (nSPS) is 21.1. The van der Waals surface area contributed by atoms with Crippen molar-refractivity contribution in [1.82, 2.24) is 0 Å². The minimum Gasteiger partial charge on any atom is -0.489 e. The zero-order chi connectivity index (χ0) is 11.5. The van der Waals surface area contributed by atoms with Gasteiger partial charge in [0.2, 0.25) is 0 Å². The molecule has 2 atom stereocenters. The number of fused-ring (bicyclic) bond motifs is 1. The molecule has 0 spiro atoms. The van der Waals surface area contributed by atoms with Crippen LogP contribution in [0.1, 0.15) is 43.5 Å². The molecule has 2 nitrogen and oxygen atoms in total. The highest BCUT2D eigenvalue weighted by Gasteiger charge is 2.29. The smallest absolute Gasteiger partial charge is 0.170 e. The van der Waals surface area contributed by atoms with Crippen LogP contribution in [0, 0.1) is 5.92 Å². The lowest BCUT2D eigenvalue weighted by Gasteiger charge is -2.29. The highest BCUT2D eigenvalue weighted by Crippen LogP contribution is 2.31. The number of carbonyl (C=O) groups excluding carboxylic acids is 1. The second kappa shape index (κ2) is 4.69. The van der Waals surface area contributed by atoms with Gasteiger partial charge in [-0.2, -0.15) is 0 Å². The average molecular weight is 218 g/mol. The fourth-order valence-corrected chi connectivity index (χ4v) is 2.26. The van der Waals surface area contributed by atoms with E-state index < -0.39 is 0 Å². The van der Waals surface area contributed by atoms with Crippen LogP contribution in [0.15, 0.2) is 24.3 Å². The Kier molecular flexibility index (Phi) is 3.28. The van der Waals surface area contributed by atoms with Gasteiger partial charge in [0.25, 0.3) is 0 Å². The van der Waals surface area contributed by atoms with E-state index in [1.807, 2.05) is 24.3 Å². The number of rotatable bonds is 3. The first-order valence-corrected chi connectivity index (χ1v) is 6.01. The second-order valence-electron chi connectivity index (χ2n) is 4.55. The number of ketones is 1. The summed E-state index contributed by atoms with van der Waals surface area (Å²) in [6, 6.07) is 7.53. The predicted octanol–water partition coefficient (Wildman–Crippen LogP) is 3.46. The molecule has 0 fully saturated rings. The fraction of sp³-hybridized carbons (Fsp3) is 0.500. The molecule has 0 aromatic heterocycles. The molecule has 0 saturated carbocycles. The van der Waals surface area contributed by atoms with Crippen molar-refractivity contribution in [1.29, 1.82) is 0 Å². The van der Waals surface area contributed by atoms with Gasteiger partial charge in [-0.1, -0.05) is 32.4 Å². The van der Waals surface area contributed by atoms with Crippen molar-refractivity contribution < 1.29 is 9.53 Å². The molecule has 1 aliphatic heterocycles. The maximum Gasteiger partial charge on any atom is 0.170 e. The molecule has 86 valence electrons. The van der Waals surface area contributed by atoms with Crippen LogP contribution in [-0.4, -0.2) is 11.9 Å². The summed E-state index contributed by atoms with van der Waals surface area (Å²) in [5.41, 5.74) is 0.738. The van der Waals surface area contributed by atoms with Crippen LogP contribution in [0.5, 0.6) is 5.75 Å². The quantitative estimate of drug-likeness (QED) is 0.776. The zero-order valence-electron chi connectivity index (χ0n) is 9.90. The molecule has 1 aliphatic rings. The van der Waals surface area contributed by atoms with Crippen molar-refractivity contribution in [2.75, 3.05) is 0 Å². The van der Waals surface area contributed by atoms with Crippen LogP contribution in [0.25, 0.3) is 0 Å². The molecule has 2 heteroatoms. The number of hydrogen-bond donors (Lipinski definition) is 0. The van der Waals surface area contributed by atoms with Crippen LogP contribution in [-0.2, 0) is 0 Å². The van der Waals surface area contributed by atoms with Gasteiger partial charge >= 0.3 is 0 Å². The van der Waals surface area contributed by atoms with Crippen LogP contribution in [0.3, 0.4) is 0 Å². The Hall–Kier alpha value is -1.31. The van der Waals surface area contributed by atoms with Gasteiger partial charge in [-0.25, -0.2) is 0 Å². The Morgan fingerprint density at radius 1 is 1.44 bits per heavy atom. The largest absolute Gasteiger partial charge is 0.489 e. The molecule has 1 unspecified atom stereocenters. The molecular formula is C14H18O2. The Labute approximate surface area is 96.6 Å². The first-order chi connectivity index (χ1) is 7.72. The molecule has 0 N–H and O–H groups in total. The number of benzene rings is 1. The van der Waals surface area contributed by atoms with Gasteiger partial charge in [0.1, 0.15) is 11.9 Å². The van der Waals surface area contributed by atoms with Crippen LogP contribution < -0.4 is 4.74 Å². The molecular weight excluding hydrogens is 200 g/mol. The van der Waals surface area contributed by atoms with E-state index in [4.69, 9.17) is 4.74 Å². The predicted molar refractivity (Wildman–Crippen MR) is 63.9 cm³/mol. The van der Waals surface area contributed by atoms with Crippen LogP contribution >= 0.6 is 0 Å². The van der Waals surface area contributed by atoms with E-state index in [1.54, 1.807) is 0 Å². The van der Waals surface area contributed by atoms with E-state index in [0.29, 0.717) is 12.3 Å². The van der Waals surface area contributed by atoms with Crippen molar-refractivity contribution in [2.24, 2.45) is 5.92 Å². The van der Waals surface area contributed by atoms with Gasteiger partial charge in [0, 0.05) is 6.42 Å². The molecule has 0 saturated heterocycles. The van der Waals surface area contributed by atoms with Gasteiger partial charge in [-0.3, -0.25) is 4.79 Å². The van der Waals surface area contributed by atoms with E-state index in [2.05, 4.69) is 13.8 Å². The summed E-state index contributed by atoms with van der Waals surface area (Å²) in [5.74, 6) is 1.42. The minimum absolute atomic E-state index is 0.0577. The van der Waals surface area contributed by atoms with Gasteiger partial charge in [-0.05, 0) is 24.5 Å². The van der Waals surface area contributed by atoms with Gasteiger partial charge in [0.15, 0.2) is 5.78 Å². The number of carbonyl (C=O) groups is 1. The number of Topliss-reactive ketones (excluding diaryl/α,β-unsaturated/α-hetero) is 1. The zero-order valence-corrected chi connectivity index (χ0v) is 9.90. The molecule has 0 aliphatic carbocycles. The van der Waals surface area contributed by atoms with Crippen LogP contribution in [0.4, 0.5) is 0 Å². The summed E-state index contributed by atoms with van der Waals surface area (Å²) in [4.78, 5) is 11.9. The lowest BCUT2D eigenvalue weighted by atomic mass is 9.91. The van der Waals surface area contributed by atoms with E-state index in [-0.39, 0.29) is 11.9 Å². The topological polar surface area (TPSA) is 26.3 Å². The SMILES string of the molecule is CCCC(C)[C@H]1CC(=O)c2ccccc2O1. The van der Waals surface area contributed by atoms with Crippen LogP contribution in [0.2, 0.25) is 0 Å². The van der Waals surface area contributed by atoms with Crippen molar-refractivity contribution in [2.45, 2.75) is 39.2 Å². The number of para-hydroxylation sites is 1. The molecule has 0 radical (unpaired) electrons. The van der Waals surface area contributed by atoms with Crippen molar-refractivity contribution >= 4 is 5.78 Å². The van der Waals surface area contributed by atoms with Crippen molar-refractivity contribution in [3.63, 3.8) is 0 Å². The molecule has 1 aromatic carbocycles. The molecule has 0 bridgehead atoms. The fourth-order valence-electron chi connectivity index (χ4n) is 2.26. The Bertz CT molecular complexity index is 384. The first-order valence-electron chi connectivity index (χ1n) is 6.01. The Morgan fingerprint density at radius 2 is 2.19 bits per heavy atom. The molecule has 1 aromatic rings. The molecule has 16 heavy (non-hydrogen) atoms. The third-order valence-corrected chi connectivity index (χ3v) is 3.23. The molecule has 1 heterocycles. The Morgan fingerprint density at radius 3 is 2.94 bits per heavy atom. The highest BCUT2D eigenvalue weighted by molar-refractivity contribution is 5.99. The van der Waals surface area contributed by atoms with Crippen molar-refractivity contribution in [3.8, 4) is 5.75 Å². The number of hydrogen-bond acceptors (Lipinski definition) is 2. The molecule has 2 rings (SSSR count). The second-order valence-corrected chi connectivity index (χ2v) is 4.55. The summed E-state index contributed by atoms with van der Waals surface area (Å²) in [5, 5.41) is 0. The average Bonchev–Trinajstić information content (AvgIpc) is 2.29. The molecule has 0 amide bonds. The Balaban J connectivity index is 2.18. The van der Waals surface area contributed by atoms with Gasteiger partial charge < -0.3 is 4.74 Å². The third kappa shape index (κ3) is 2.11. The maximum absolute atomic E-state index is 11.9. The van der Waals surface area contributed by atoms with E-state index in [9.17, 15) is 4.79 Å². The minimum atomic E-state index is 0.0577. The lowest BCUT2D eigenvalue weighted by molar-refractivity contribution is 0.0740. The van der Waals surface area contributed by atoms with E-state index in [1.165, 1.54) is 0 Å². The maximum atomic E-state index is 11.9. The summed E-state index contributed by atoms with van der Waals surface area (Å²) in [6.45, 7) is 4.32. The van der Waals surface area contributed by atoms with Gasteiger partial charge in [0.05, 0.1) is 5.56 Å². The highest BCUT2D eigenvalue weighted by atomic mass is 16.5. The first kappa shape index (κ1) is 11.2. The summed E-state index contributed by atoms with van der Waals surface area (Å²) in [6.07, 6.45) is 2.83. The van der Waals surface area contributed by atoms with E-state index >= 15 is 0 Å². The van der Waals surface area contributed by atoms with Gasteiger partial charge in [-0.15, -0.1) is 0 Å². The standard InChI is InChI=1S/C14H18O2/c1-3-6-10(2)14-9-12(15)11-7-4-5-8-13(11)16-14/h4-5,7-8,10,14H,3,6,9H2,1-2H3/t10?,14-/m1/s1. The summed E-state index contributed by atoms with van der Waals surface area (Å²) < 4.78 is 5.90. The number of ether oxygens (including phenoxy) is 1. The lowest BCUT2D eigenvalue weighted by Crippen LogP contribution is -2.32. The summed E-state index contributed by atoms with van der Waals surface area (Å²) >= 11 is 0. The van der Waals surface area contributed by atoms with Crippen molar-refractivity contribution in [3.05, 3.63) is 29.8 Å². The monoisotopic (exact) mass is 218 g/mol. The third-order valence-electron chi connectivity index (χ3n) is 3.23. The van der Waals surface area contributed by atoms with E-state index in [0.717, 1.165) is 24.2 Å².